The lowest BCUT2D eigenvalue weighted by molar-refractivity contribution is 0.0571. The van der Waals surface area contributed by atoms with Gasteiger partial charge in [0.25, 0.3) is 0 Å². The zero-order valence-electron chi connectivity index (χ0n) is 12.7. The predicted molar refractivity (Wildman–Crippen MR) is 89.6 cm³/mol. The first-order chi connectivity index (χ1) is 11.1. The predicted octanol–water partition coefficient (Wildman–Crippen LogP) is 3.27. The monoisotopic (exact) mass is 331 g/mol. The zero-order valence-corrected chi connectivity index (χ0v) is 13.5. The highest BCUT2D eigenvalue weighted by molar-refractivity contribution is 7.08. The van der Waals surface area contributed by atoms with E-state index in [4.69, 9.17) is 0 Å². The quantitative estimate of drug-likeness (QED) is 0.650. The van der Waals surface area contributed by atoms with Crippen LogP contribution in [0.25, 0.3) is 11.3 Å². The Kier molecular flexibility index (Phi) is 4.56. The summed E-state index contributed by atoms with van der Waals surface area (Å²) in [5.41, 5.74) is 2.69. The average molecular weight is 331 g/mol. The number of aromatic amines is 1. The SMILES string of the molecule is CC(O)(CNCc1cn[nH]c1-c1ccc(F)cc1)c1ccsc1. The third-order valence-electron chi connectivity index (χ3n) is 3.78. The first kappa shape index (κ1) is 15.9. The Morgan fingerprint density at radius 1 is 1.30 bits per heavy atom. The van der Waals surface area contributed by atoms with Gasteiger partial charge in [0.2, 0.25) is 0 Å². The van der Waals surface area contributed by atoms with Crippen molar-refractivity contribution >= 4 is 11.3 Å². The zero-order chi connectivity index (χ0) is 16.3. The van der Waals surface area contributed by atoms with E-state index in [2.05, 4.69) is 15.5 Å². The number of H-pyrrole nitrogens is 1. The van der Waals surface area contributed by atoms with Crippen LogP contribution >= 0.6 is 11.3 Å². The van der Waals surface area contributed by atoms with Gasteiger partial charge in [-0.15, -0.1) is 0 Å². The van der Waals surface area contributed by atoms with E-state index in [0.29, 0.717) is 13.1 Å². The van der Waals surface area contributed by atoms with E-state index in [1.54, 1.807) is 36.6 Å². The molecule has 2 aromatic heterocycles. The third-order valence-corrected chi connectivity index (χ3v) is 4.46. The lowest BCUT2D eigenvalue weighted by atomic mass is 9.99. The molecule has 3 N–H and O–H groups in total. The summed E-state index contributed by atoms with van der Waals surface area (Å²) in [5, 5.41) is 24.7. The van der Waals surface area contributed by atoms with Crippen LogP contribution < -0.4 is 5.32 Å². The second kappa shape index (κ2) is 6.62. The number of aliphatic hydroxyl groups is 1. The van der Waals surface area contributed by atoms with Crippen molar-refractivity contribution in [2.75, 3.05) is 6.54 Å². The lowest BCUT2D eigenvalue weighted by Gasteiger charge is -2.22. The Bertz CT molecular complexity index is 751. The van der Waals surface area contributed by atoms with Crippen molar-refractivity contribution in [2.24, 2.45) is 0 Å². The summed E-state index contributed by atoms with van der Waals surface area (Å²) in [6.45, 7) is 2.78. The van der Waals surface area contributed by atoms with Gasteiger partial charge in [0.05, 0.1) is 17.5 Å². The maximum absolute atomic E-state index is 13.0. The molecule has 0 fully saturated rings. The molecule has 0 spiro atoms. The van der Waals surface area contributed by atoms with Crippen molar-refractivity contribution in [1.82, 2.24) is 15.5 Å². The van der Waals surface area contributed by atoms with Gasteiger partial charge in [-0.25, -0.2) is 4.39 Å². The minimum absolute atomic E-state index is 0.264. The summed E-state index contributed by atoms with van der Waals surface area (Å²) in [5.74, 6) is -0.264. The van der Waals surface area contributed by atoms with Gasteiger partial charge < -0.3 is 10.4 Å². The highest BCUT2D eigenvalue weighted by Gasteiger charge is 2.23. The molecule has 1 unspecified atom stereocenters. The molecule has 2 heterocycles. The molecule has 4 nitrogen and oxygen atoms in total. The number of hydrogen-bond acceptors (Lipinski definition) is 4. The van der Waals surface area contributed by atoms with Gasteiger partial charge >= 0.3 is 0 Å². The molecule has 0 amide bonds. The van der Waals surface area contributed by atoms with Crippen molar-refractivity contribution in [1.29, 1.82) is 0 Å². The molecule has 0 aliphatic rings. The Morgan fingerprint density at radius 2 is 2.09 bits per heavy atom. The topological polar surface area (TPSA) is 60.9 Å². The Hall–Kier alpha value is -2.02. The van der Waals surface area contributed by atoms with Crippen LogP contribution in [-0.4, -0.2) is 21.8 Å². The normalized spacial score (nSPS) is 13.9. The van der Waals surface area contributed by atoms with Gasteiger partial charge in [0.1, 0.15) is 5.82 Å². The third kappa shape index (κ3) is 3.67. The van der Waals surface area contributed by atoms with E-state index in [9.17, 15) is 9.50 Å². The fourth-order valence-electron chi connectivity index (χ4n) is 2.43. The molecule has 6 heteroatoms. The number of rotatable bonds is 6. The van der Waals surface area contributed by atoms with Crippen molar-refractivity contribution in [3.8, 4) is 11.3 Å². The van der Waals surface area contributed by atoms with E-state index in [1.807, 2.05) is 16.8 Å². The molecule has 23 heavy (non-hydrogen) atoms. The molecule has 3 aromatic rings. The molecule has 0 radical (unpaired) electrons. The van der Waals surface area contributed by atoms with E-state index in [-0.39, 0.29) is 5.82 Å². The summed E-state index contributed by atoms with van der Waals surface area (Å²) < 4.78 is 13.0. The van der Waals surface area contributed by atoms with E-state index >= 15 is 0 Å². The van der Waals surface area contributed by atoms with Crippen LogP contribution in [0.3, 0.4) is 0 Å². The molecule has 0 aliphatic carbocycles. The number of thiophene rings is 1. The molecule has 0 bridgehead atoms. The van der Waals surface area contributed by atoms with E-state index < -0.39 is 5.60 Å². The van der Waals surface area contributed by atoms with Crippen LogP contribution in [0.15, 0.2) is 47.3 Å². The molecule has 3 rings (SSSR count). The standard InChI is InChI=1S/C17H18FN3OS/c1-17(22,14-6-7-23-10-14)11-19-8-13-9-20-21-16(13)12-2-4-15(18)5-3-12/h2-7,9-10,19,22H,8,11H2,1H3,(H,20,21). The van der Waals surface area contributed by atoms with Crippen LogP contribution in [0.1, 0.15) is 18.1 Å². The average Bonchev–Trinajstić information content (AvgIpc) is 3.19. The van der Waals surface area contributed by atoms with Gasteiger partial charge in [-0.3, -0.25) is 5.10 Å². The molecule has 1 aromatic carbocycles. The first-order valence-electron chi connectivity index (χ1n) is 7.30. The maximum atomic E-state index is 13.0. The summed E-state index contributed by atoms with van der Waals surface area (Å²) in [6, 6.07) is 8.21. The van der Waals surface area contributed by atoms with E-state index in [1.165, 1.54) is 12.1 Å². The van der Waals surface area contributed by atoms with Crippen molar-refractivity contribution < 1.29 is 9.50 Å². The van der Waals surface area contributed by atoms with Gasteiger partial charge in [-0.2, -0.15) is 16.4 Å². The summed E-state index contributed by atoms with van der Waals surface area (Å²) >= 11 is 1.57. The number of benzene rings is 1. The van der Waals surface area contributed by atoms with Crippen molar-refractivity contribution in [3.63, 3.8) is 0 Å². The van der Waals surface area contributed by atoms with Crippen LogP contribution in [0, 0.1) is 5.82 Å². The van der Waals surface area contributed by atoms with Crippen molar-refractivity contribution in [3.05, 3.63) is 64.2 Å². The van der Waals surface area contributed by atoms with Gasteiger partial charge in [0.15, 0.2) is 0 Å². The van der Waals surface area contributed by atoms with Crippen LogP contribution in [-0.2, 0) is 12.1 Å². The summed E-state index contributed by atoms with van der Waals surface area (Å²) in [4.78, 5) is 0. The van der Waals surface area contributed by atoms with Gasteiger partial charge in [-0.05, 0) is 53.6 Å². The minimum Gasteiger partial charge on any atom is -0.384 e. The fourth-order valence-corrected chi connectivity index (χ4v) is 3.21. The number of nitrogens with zero attached hydrogens (tertiary/aromatic N) is 1. The Morgan fingerprint density at radius 3 is 2.78 bits per heavy atom. The summed E-state index contributed by atoms with van der Waals surface area (Å²) in [7, 11) is 0. The number of hydrogen-bond donors (Lipinski definition) is 3. The molecular weight excluding hydrogens is 313 g/mol. The molecular formula is C17H18FN3OS. The maximum Gasteiger partial charge on any atom is 0.123 e. The number of halogens is 1. The van der Waals surface area contributed by atoms with Crippen molar-refractivity contribution in [2.45, 2.75) is 19.1 Å². The second-order valence-corrected chi connectivity index (χ2v) is 6.45. The minimum atomic E-state index is -0.917. The Balaban J connectivity index is 1.66. The molecule has 0 saturated carbocycles. The molecule has 120 valence electrons. The van der Waals surface area contributed by atoms with E-state index in [0.717, 1.165) is 22.4 Å². The molecule has 0 aliphatic heterocycles. The first-order valence-corrected chi connectivity index (χ1v) is 8.24. The smallest absolute Gasteiger partial charge is 0.123 e. The fraction of sp³-hybridized carbons (Fsp3) is 0.235. The highest BCUT2D eigenvalue weighted by Crippen LogP contribution is 2.24. The molecule has 0 saturated heterocycles. The summed E-state index contributed by atoms with van der Waals surface area (Å²) in [6.07, 6.45) is 1.74. The Labute approximate surface area is 138 Å². The lowest BCUT2D eigenvalue weighted by Crippen LogP contribution is -2.34. The highest BCUT2D eigenvalue weighted by atomic mass is 32.1. The largest absolute Gasteiger partial charge is 0.384 e. The second-order valence-electron chi connectivity index (χ2n) is 5.67. The number of nitrogens with one attached hydrogen (secondary N) is 2. The van der Waals surface area contributed by atoms with Gasteiger partial charge in [0, 0.05) is 24.2 Å². The van der Waals surface area contributed by atoms with Crippen LogP contribution in [0.5, 0.6) is 0 Å². The van der Waals surface area contributed by atoms with Crippen LogP contribution in [0.4, 0.5) is 4.39 Å². The van der Waals surface area contributed by atoms with Gasteiger partial charge in [-0.1, -0.05) is 0 Å². The number of aromatic nitrogens is 2. The van der Waals surface area contributed by atoms with Crippen LogP contribution in [0.2, 0.25) is 0 Å². The molecule has 1 atom stereocenters.